The molecule has 4 N–H and O–H groups in total. The van der Waals surface area contributed by atoms with E-state index in [4.69, 9.17) is 27.3 Å². The van der Waals surface area contributed by atoms with Crippen LogP contribution in [-0.2, 0) is 4.74 Å². The van der Waals surface area contributed by atoms with Crippen LogP contribution in [0.4, 0.5) is 10.5 Å². The van der Waals surface area contributed by atoms with E-state index in [0.717, 1.165) is 0 Å². The van der Waals surface area contributed by atoms with Crippen LogP contribution in [0.5, 0.6) is 0 Å². The molecule has 17 heavy (non-hydrogen) atoms. The van der Waals surface area contributed by atoms with Crippen molar-refractivity contribution >= 4 is 29.2 Å². The van der Waals surface area contributed by atoms with E-state index in [0.29, 0.717) is 11.3 Å². The van der Waals surface area contributed by atoms with Crippen molar-refractivity contribution in [3.8, 4) is 0 Å². The van der Waals surface area contributed by atoms with Gasteiger partial charge in [-0.25, -0.2) is 4.79 Å². The minimum atomic E-state index is -0.592. The third kappa shape index (κ3) is 3.53. The Balaban J connectivity index is 2.87. The summed E-state index contributed by atoms with van der Waals surface area (Å²) in [5.41, 5.74) is 6.23. The maximum atomic E-state index is 11.2. The fourth-order valence-electron chi connectivity index (χ4n) is 1.11. The number of nitrogens with one attached hydrogen (secondary N) is 1. The van der Waals surface area contributed by atoms with Gasteiger partial charge in [0.25, 0.3) is 0 Å². The summed E-state index contributed by atoms with van der Waals surface area (Å²) in [4.78, 5) is 11.2. The molecule has 1 aromatic carbocycles. The second kappa shape index (κ2) is 5.95. The van der Waals surface area contributed by atoms with Gasteiger partial charge in [-0.15, -0.1) is 0 Å². The van der Waals surface area contributed by atoms with Crippen molar-refractivity contribution in [2.24, 2.45) is 10.9 Å². The fourth-order valence-corrected chi connectivity index (χ4v) is 1.34. The highest BCUT2D eigenvalue weighted by atomic mass is 35.5. The zero-order chi connectivity index (χ0) is 12.8. The van der Waals surface area contributed by atoms with Gasteiger partial charge in [-0.05, 0) is 25.1 Å². The Morgan fingerprint density at radius 3 is 2.88 bits per heavy atom. The number of rotatable bonds is 3. The fraction of sp³-hybridized carbons (Fsp3) is 0.200. The Morgan fingerprint density at radius 2 is 2.35 bits per heavy atom. The second-order valence-electron chi connectivity index (χ2n) is 3.03. The smallest absolute Gasteiger partial charge is 0.411 e. The van der Waals surface area contributed by atoms with Gasteiger partial charge in [0.15, 0.2) is 5.84 Å². The van der Waals surface area contributed by atoms with Gasteiger partial charge in [0.05, 0.1) is 17.3 Å². The van der Waals surface area contributed by atoms with Crippen molar-refractivity contribution in [3.05, 3.63) is 28.8 Å². The lowest BCUT2D eigenvalue weighted by Crippen LogP contribution is -2.15. The molecular formula is C10H12ClN3O3. The van der Waals surface area contributed by atoms with Gasteiger partial charge in [0.2, 0.25) is 0 Å². The van der Waals surface area contributed by atoms with Gasteiger partial charge >= 0.3 is 6.09 Å². The van der Waals surface area contributed by atoms with Crippen molar-refractivity contribution in [1.82, 2.24) is 0 Å². The van der Waals surface area contributed by atoms with E-state index in [2.05, 4.69) is 10.5 Å². The molecule has 6 nitrogen and oxygen atoms in total. The first-order chi connectivity index (χ1) is 8.08. The minimum Gasteiger partial charge on any atom is -0.450 e. The van der Waals surface area contributed by atoms with E-state index in [1.54, 1.807) is 13.0 Å². The van der Waals surface area contributed by atoms with Gasteiger partial charge < -0.3 is 15.7 Å². The largest absolute Gasteiger partial charge is 0.450 e. The van der Waals surface area contributed by atoms with Gasteiger partial charge in [-0.3, -0.25) is 5.32 Å². The van der Waals surface area contributed by atoms with Crippen LogP contribution in [0.2, 0.25) is 5.02 Å². The van der Waals surface area contributed by atoms with E-state index in [9.17, 15) is 4.79 Å². The van der Waals surface area contributed by atoms with Crippen LogP contribution < -0.4 is 11.1 Å². The number of amides is 1. The van der Waals surface area contributed by atoms with Crippen molar-refractivity contribution < 1.29 is 14.7 Å². The highest BCUT2D eigenvalue weighted by molar-refractivity contribution is 6.34. The van der Waals surface area contributed by atoms with Gasteiger partial charge in [0.1, 0.15) is 0 Å². The topological polar surface area (TPSA) is 96.9 Å². The predicted molar refractivity (Wildman–Crippen MR) is 64.6 cm³/mol. The van der Waals surface area contributed by atoms with Gasteiger partial charge in [0, 0.05) is 5.56 Å². The molecule has 7 heteroatoms. The number of hydrogen-bond donors (Lipinski definition) is 3. The SMILES string of the molecule is CCOC(=O)Nc1ccc(/C(N)=N/O)cc1Cl. The lowest BCUT2D eigenvalue weighted by atomic mass is 10.2. The molecule has 0 aromatic heterocycles. The first-order valence-electron chi connectivity index (χ1n) is 4.79. The predicted octanol–water partition coefficient (Wildman–Crippen LogP) is 2.00. The van der Waals surface area contributed by atoms with E-state index in [-0.39, 0.29) is 17.5 Å². The number of nitrogens with zero attached hydrogens (tertiary/aromatic N) is 1. The van der Waals surface area contributed by atoms with E-state index in [1.807, 2.05) is 0 Å². The number of ether oxygens (including phenoxy) is 1. The molecule has 1 aromatic rings. The molecule has 0 saturated heterocycles. The Morgan fingerprint density at radius 1 is 1.65 bits per heavy atom. The molecule has 0 heterocycles. The van der Waals surface area contributed by atoms with E-state index >= 15 is 0 Å². The first-order valence-corrected chi connectivity index (χ1v) is 5.17. The van der Waals surface area contributed by atoms with E-state index in [1.165, 1.54) is 12.1 Å². The number of anilines is 1. The molecule has 0 unspecified atom stereocenters. The van der Waals surface area contributed by atoms with Crippen LogP contribution >= 0.6 is 11.6 Å². The van der Waals surface area contributed by atoms with Crippen LogP contribution in [0.25, 0.3) is 0 Å². The van der Waals surface area contributed by atoms with Crippen molar-refractivity contribution in [1.29, 1.82) is 0 Å². The Hall–Kier alpha value is -1.95. The summed E-state index contributed by atoms with van der Waals surface area (Å²) in [5, 5.41) is 14.1. The third-order valence-corrected chi connectivity index (χ3v) is 2.20. The Kier molecular flexibility index (Phi) is 4.59. The monoisotopic (exact) mass is 257 g/mol. The maximum Gasteiger partial charge on any atom is 0.411 e. The molecule has 0 fully saturated rings. The molecule has 0 radical (unpaired) electrons. The first kappa shape index (κ1) is 13.1. The summed E-state index contributed by atoms with van der Waals surface area (Å²) in [5.74, 6) is -0.0606. The lowest BCUT2D eigenvalue weighted by molar-refractivity contribution is 0.168. The lowest BCUT2D eigenvalue weighted by Gasteiger charge is -2.08. The number of carbonyl (C=O) groups excluding carboxylic acids is 1. The second-order valence-corrected chi connectivity index (χ2v) is 3.43. The molecule has 0 aliphatic heterocycles. The summed E-state index contributed by atoms with van der Waals surface area (Å²) in [7, 11) is 0. The van der Waals surface area contributed by atoms with E-state index < -0.39 is 6.09 Å². The Bertz CT molecular complexity index is 448. The van der Waals surface area contributed by atoms with Crippen LogP contribution in [0, 0.1) is 0 Å². The highest BCUT2D eigenvalue weighted by Gasteiger charge is 2.08. The molecule has 1 rings (SSSR count). The average molecular weight is 258 g/mol. The summed E-state index contributed by atoms with van der Waals surface area (Å²) >= 11 is 5.91. The maximum absolute atomic E-state index is 11.2. The number of nitrogens with two attached hydrogens (primary N) is 1. The summed E-state index contributed by atoms with van der Waals surface area (Å²) in [6.07, 6.45) is -0.592. The zero-order valence-corrected chi connectivity index (χ0v) is 9.86. The zero-order valence-electron chi connectivity index (χ0n) is 9.11. The standard InChI is InChI=1S/C10H12ClN3O3/c1-2-17-10(15)13-8-4-3-6(5-7(8)11)9(12)14-16/h3-5,16H,2H2,1H3,(H2,12,14)(H,13,15). The third-order valence-electron chi connectivity index (χ3n) is 1.88. The highest BCUT2D eigenvalue weighted by Crippen LogP contribution is 2.23. The molecule has 0 saturated carbocycles. The quantitative estimate of drug-likeness (QED) is 0.334. The van der Waals surface area contributed by atoms with Crippen LogP contribution in [0.3, 0.4) is 0 Å². The van der Waals surface area contributed by atoms with Crippen molar-refractivity contribution in [2.75, 3.05) is 11.9 Å². The van der Waals surface area contributed by atoms with Crippen molar-refractivity contribution in [2.45, 2.75) is 6.92 Å². The number of oxime groups is 1. The summed E-state index contributed by atoms with van der Waals surface area (Å²) in [6, 6.07) is 4.56. The normalized spacial score (nSPS) is 11.1. The molecule has 0 spiro atoms. The van der Waals surface area contributed by atoms with Crippen LogP contribution in [0.1, 0.15) is 12.5 Å². The summed E-state index contributed by atoms with van der Waals surface area (Å²) in [6.45, 7) is 1.97. The summed E-state index contributed by atoms with van der Waals surface area (Å²) < 4.78 is 4.70. The molecule has 0 bridgehead atoms. The average Bonchev–Trinajstić information content (AvgIpc) is 2.31. The molecule has 1 amide bonds. The molecule has 0 aliphatic carbocycles. The Labute approximate surface area is 103 Å². The van der Waals surface area contributed by atoms with Crippen molar-refractivity contribution in [3.63, 3.8) is 0 Å². The van der Waals surface area contributed by atoms with Crippen LogP contribution in [-0.4, -0.2) is 23.7 Å². The molecule has 92 valence electrons. The van der Waals surface area contributed by atoms with Gasteiger partial charge in [-0.2, -0.15) is 0 Å². The molecule has 0 aliphatic rings. The number of amidine groups is 1. The number of carbonyl (C=O) groups is 1. The number of hydrogen-bond acceptors (Lipinski definition) is 4. The van der Waals surface area contributed by atoms with Gasteiger partial charge in [-0.1, -0.05) is 16.8 Å². The minimum absolute atomic E-state index is 0.0606. The molecule has 0 atom stereocenters. The number of benzene rings is 1. The van der Waals surface area contributed by atoms with Crippen LogP contribution in [0.15, 0.2) is 23.4 Å². The number of halogens is 1. The molecular weight excluding hydrogens is 246 g/mol.